The Labute approximate surface area is 84.9 Å². The van der Waals surface area contributed by atoms with Gasteiger partial charge in [-0.3, -0.25) is 0 Å². The van der Waals surface area contributed by atoms with Crippen LogP contribution in [0.15, 0.2) is 22.9 Å². The van der Waals surface area contributed by atoms with Gasteiger partial charge in [-0.05, 0) is 27.9 Å². The van der Waals surface area contributed by atoms with Gasteiger partial charge in [-0.1, -0.05) is 13.8 Å². The van der Waals surface area contributed by atoms with E-state index in [1.165, 1.54) is 5.69 Å². The molecule has 0 N–H and O–H groups in total. The summed E-state index contributed by atoms with van der Waals surface area (Å²) < 4.78 is 2.70. The molecule has 4 heteroatoms. The predicted molar refractivity (Wildman–Crippen MR) is 54.8 cm³/mol. The molecular formula is C9H10BrN3. The summed E-state index contributed by atoms with van der Waals surface area (Å²) in [7, 11) is 0. The van der Waals surface area contributed by atoms with E-state index in [1.807, 2.05) is 22.8 Å². The van der Waals surface area contributed by atoms with E-state index in [2.05, 4.69) is 39.9 Å². The molecule has 0 saturated heterocycles. The molecule has 0 aliphatic rings. The molecule has 68 valence electrons. The molecule has 0 saturated carbocycles. The van der Waals surface area contributed by atoms with Gasteiger partial charge in [0, 0.05) is 18.0 Å². The topological polar surface area (TPSA) is 30.2 Å². The summed E-state index contributed by atoms with van der Waals surface area (Å²) >= 11 is 3.34. The minimum Gasteiger partial charge on any atom is -0.237 e. The van der Waals surface area contributed by atoms with Crippen molar-refractivity contribution in [3.8, 4) is 0 Å². The van der Waals surface area contributed by atoms with E-state index in [4.69, 9.17) is 0 Å². The summed E-state index contributed by atoms with van der Waals surface area (Å²) in [6, 6.07) is 3.91. The van der Waals surface area contributed by atoms with E-state index in [1.54, 1.807) is 0 Å². The molecule has 0 unspecified atom stereocenters. The quantitative estimate of drug-likeness (QED) is 0.766. The van der Waals surface area contributed by atoms with E-state index in [0.717, 1.165) is 10.3 Å². The average molecular weight is 240 g/mol. The summed E-state index contributed by atoms with van der Waals surface area (Å²) in [5.41, 5.74) is 2.06. The first kappa shape index (κ1) is 8.69. The standard InChI is InChI=1S/C9H10BrN3/c1-6(2)7-3-4-11-9-5-8(10)12-13(7)9/h3-6H,1-2H3. The Kier molecular flexibility index (Phi) is 2.07. The summed E-state index contributed by atoms with van der Waals surface area (Å²) in [4.78, 5) is 4.22. The zero-order valence-electron chi connectivity index (χ0n) is 7.53. The van der Waals surface area contributed by atoms with Crippen LogP contribution in [-0.4, -0.2) is 14.6 Å². The summed E-state index contributed by atoms with van der Waals surface area (Å²) in [6.07, 6.45) is 1.82. The lowest BCUT2D eigenvalue weighted by atomic mass is 10.1. The van der Waals surface area contributed by atoms with Gasteiger partial charge in [0.1, 0.15) is 4.60 Å². The maximum Gasteiger partial charge on any atom is 0.156 e. The summed E-state index contributed by atoms with van der Waals surface area (Å²) in [5, 5.41) is 4.31. The van der Waals surface area contributed by atoms with Crippen LogP contribution in [0, 0.1) is 0 Å². The Hall–Kier alpha value is -0.900. The molecule has 0 fully saturated rings. The fourth-order valence-electron chi connectivity index (χ4n) is 1.32. The molecule has 3 nitrogen and oxygen atoms in total. The second kappa shape index (κ2) is 3.10. The third-order valence-electron chi connectivity index (χ3n) is 1.95. The summed E-state index contributed by atoms with van der Waals surface area (Å²) in [5.74, 6) is 0.456. The van der Waals surface area contributed by atoms with Gasteiger partial charge in [-0.2, -0.15) is 5.10 Å². The largest absolute Gasteiger partial charge is 0.237 e. The molecule has 0 amide bonds. The van der Waals surface area contributed by atoms with Crippen molar-refractivity contribution >= 4 is 21.6 Å². The van der Waals surface area contributed by atoms with Crippen LogP contribution in [-0.2, 0) is 0 Å². The van der Waals surface area contributed by atoms with Gasteiger partial charge in [0.15, 0.2) is 5.65 Å². The number of fused-ring (bicyclic) bond motifs is 1. The molecular weight excluding hydrogens is 230 g/mol. The van der Waals surface area contributed by atoms with E-state index >= 15 is 0 Å². The SMILES string of the molecule is CC(C)c1ccnc2cc(Br)nn12. The van der Waals surface area contributed by atoms with E-state index in [0.29, 0.717) is 5.92 Å². The number of aromatic nitrogens is 3. The minimum absolute atomic E-state index is 0.456. The van der Waals surface area contributed by atoms with Crippen LogP contribution in [0.2, 0.25) is 0 Å². The molecule has 0 aliphatic carbocycles. The molecule has 2 rings (SSSR count). The van der Waals surface area contributed by atoms with Crippen molar-refractivity contribution in [2.45, 2.75) is 19.8 Å². The molecule has 2 aromatic heterocycles. The van der Waals surface area contributed by atoms with Crippen molar-refractivity contribution in [1.82, 2.24) is 14.6 Å². The molecule has 13 heavy (non-hydrogen) atoms. The van der Waals surface area contributed by atoms with Gasteiger partial charge in [0.05, 0.1) is 0 Å². The van der Waals surface area contributed by atoms with Crippen molar-refractivity contribution in [2.24, 2.45) is 0 Å². The lowest BCUT2D eigenvalue weighted by molar-refractivity contribution is 0.746. The van der Waals surface area contributed by atoms with E-state index in [9.17, 15) is 0 Å². The van der Waals surface area contributed by atoms with Crippen molar-refractivity contribution in [3.63, 3.8) is 0 Å². The smallest absolute Gasteiger partial charge is 0.156 e. The third kappa shape index (κ3) is 1.46. The van der Waals surface area contributed by atoms with Crippen LogP contribution in [0.3, 0.4) is 0 Å². The molecule has 0 aliphatic heterocycles. The lowest BCUT2D eigenvalue weighted by Crippen LogP contribution is -2.01. The fourth-order valence-corrected chi connectivity index (χ4v) is 1.69. The molecule has 0 atom stereocenters. The maximum absolute atomic E-state index is 4.31. The van der Waals surface area contributed by atoms with Crippen molar-refractivity contribution in [1.29, 1.82) is 0 Å². The normalized spacial score (nSPS) is 11.4. The van der Waals surface area contributed by atoms with Gasteiger partial charge in [-0.25, -0.2) is 9.50 Å². The van der Waals surface area contributed by atoms with Gasteiger partial charge < -0.3 is 0 Å². The average Bonchev–Trinajstić information content (AvgIpc) is 2.43. The first-order valence-electron chi connectivity index (χ1n) is 4.18. The Morgan fingerprint density at radius 1 is 1.46 bits per heavy atom. The van der Waals surface area contributed by atoms with Crippen LogP contribution in [0.25, 0.3) is 5.65 Å². The highest BCUT2D eigenvalue weighted by Gasteiger charge is 2.07. The highest BCUT2D eigenvalue weighted by molar-refractivity contribution is 9.10. The third-order valence-corrected chi connectivity index (χ3v) is 2.34. The monoisotopic (exact) mass is 239 g/mol. The molecule has 0 bridgehead atoms. The van der Waals surface area contributed by atoms with Gasteiger partial charge in [0.25, 0.3) is 0 Å². The maximum atomic E-state index is 4.31. The molecule has 0 radical (unpaired) electrons. The Morgan fingerprint density at radius 3 is 2.92 bits per heavy atom. The first-order valence-corrected chi connectivity index (χ1v) is 4.98. The predicted octanol–water partition coefficient (Wildman–Crippen LogP) is 2.62. The number of hydrogen-bond acceptors (Lipinski definition) is 2. The molecule has 2 aromatic rings. The second-order valence-corrected chi connectivity index (χ2v) is 4.07. The second-order valence-electron chi connectivity index (χ2n) is 3.26. The Morgan fingerprint density at radius 2 is 2.23 bits per heavy atom. The van der Waals surface area contributed by atoms with Crippen LogP contribution in [0.5, 0.6) is 0 Å². The van der Waals surface area contributed by atoms with Crippen molar-refractivity contribution < 1.29 is 0 Å². The number of nitrogens with zero attached hydrogens (tertiary/aromatic N) is 3. The van der Waals surface area contributed by atoms with Crippen LogP contribution >= 0.6 is 15.9 Å². The zero-order valence-corrected chi connectivity index (χ0v) is 9.12. The van der Waals surface area contributed by atoms with E-state index < -0.39 is 0 Å². The number of rotatable bonds is 1. The summed E-state index contributed by atoms with van der Waals surface area (Å²) in [6.45, 7) is 4.29. The van der Waals surface area contributed by atoms with Crippen LogP contribution < -0.4 is 0 Å². The van der Waals surface area contributed by atoms with Crippen LogP contribution in [0.4, 0.5) is 0 Å². The number of halogens is 1. The Bertz CT molecular complexity index is 433. The molecule has 0 aromatic carbocycles. The van der Waals surface area contributed by atoms with Gasteiger partial charge in [0.2, 0.25) is 0 Å². The van der Waals surface area contributed by atoms with Crippen LogP contribution in [0.1, 0.15) is 25.5 Å². The molecule has 0 spiro atoms. The van der Waals surface area contributed by atoms with Gasteiger partial charge in [-0.15, -0.1) is 0 Å². The van der Waals surface area contributed by atoms with Gasteiger partial charge >= 0.3 is 0 Å². The molecule has 2 heterocycles. The number of hydrogen-bond donors (Lipinski definition) is 0. The van der Waals surface area contributed by atoms with Crippen molar-refractivity contribution in [2.75, 3.05) is 0 Å². The minimum atomic E-state index is 0.456. The van der Waals surface area contributed by atoms with E-state index in [-0.39, 0.29) is 0 Å². The Balaban J connectivity index is 2.75. The van der Waals surface area contributed by atoms with Crippen molar-refractivity contribution in [3.05, 3.63) is 28.6 Å². The highest BCUT2D eigenvalue weighted by Crippen LogP contribution is 2.17. The fraction of sp³-hybridized carbons (Fsp3) is 0.333. The highest BCUT2D eigenvalue weighted by atomic mass is 79.9. The lowest BCUT2D eigenvalue weighted by Gasteiger charge is -2.06. The first-order chi connectivity index (χ1) is 6.18. The zero-order chi connectivity index (χ0) is 9.42.